The third kappa shape index (κ3) is 5.50. The molecule has 0 aliphatic rings. The van der Waals surface area contributed by atoms with Crippen LogP contribution in [0, 0.1) is 6.57 Å². The van der Waals surface area contributed by atoms with Gasteiger partial charge in [-0.25, -0.2) is 9.83 Å². The molecule has 1 aromatic heterocycles. The number of imidazole rings is 1. The summed E-state index contributed by atoms with van der Waals surface area (Å²) in [6, 6.07) is 17.4. The number of hydrogen-bond acceptors (Lipinski definition) is 3. The van der Waals surface area contributed by atoms with E-state index in [9.17, 15) is 13.2 Å². The van der Waals surface area contributed by atoms with Gasteiger partial charge in [0.15, 0.2) is 5.69 Å². The lowest BCUT2D eigenvalue weighted by molar-refractivity contribution is -0.137. The van der Waals surface area contributed by atoms with Crippen molar-refractivity contribution in [1.82, 2.24) is 9.97 Å². The number of methoxy groups -OCH3 is 1. The largest absolute Gasteiger partial charge is 0.496 e. The SMILES string of the molecule is Cl.[C-]#[N+]c1ccc(COc2ccc(-c3cnc(-c4cccc(C(F)(F)F)c4)[nH]3)c(OC)c2)cc1. The summed E-state index contributed by atoms with van der Waals surface area (Å²) in [5, 5.41) is 0. The first-order valence-corrected chi connectivity index (χ1v) is 9.87. The highest BCUT2D eigenvalue weighted by Crippen LogP contribution is 2.35. The van der Waals surface area contributed by atoms with E-state index in [2.05, 4.69) is 14.8 Å². The minimum atomic E-state index is -4.43. The number of aromatic amines is 1. The van der Waals surface area contributed by atoms with Crippen LogP contribution in [0.5, 0.6) is 11.5 Å². The Labute approximate surface area is 200 Å². The van der Waals surface area contributed by atoms with E-state index in [1.165, 1.54) is 13.2 Å². The van der Waals surface area contributed by atoms with Crippen molar-refractivity contribution in [2.75, 3.05) is 7.11 Å². The predicted molar refractivity (Wildman–Crippen MR) is 125 cm³/mol. The van der Waals surface area contributed by atoms with Gasteiger partial charge in [-0.15, -0.1) is 12.4 Å². The number of rotatable bonds is 6. The van der Waals surface area contributed by atoms with Crippen LogP contribution in [0.15, 0.2) is 72.9 Å². The Balaban J connectivity index is 0.00000324. The molecule has 0 fully saturated rings. The zero-order valence-corrected chi connectivity index (χ0v) is 18.7. The van der Waals surface area contributed by atoms with Crippen LogP contribution in [-0.2, 0) is 12.8 Å². The molecule has 0 saturated carbocycles. The molecular weight excluding hydrogens is 467 g/mol. The van der Waals surface area contributed by atoms with Crippen LogP contribution in [-0.4, -0.2) is 17.1 Å². The Hall–Kier alpha value is -3.96. The van der Waals surface area contributed by atoms with E-state index in [1.54, 1.807) is 42.6 Å². The molecule has 3 aromatic carbocycles. The van der Waals surface area contributed by atoms with Crippen LogP contribution in [0.1, 0.15) is 11.1 Å². The first-order valence-electron chi connectivity index (χ1n) is 9.87. The van der Waals surface area contributed by atoms with Crippen molar-refractivity contribution in [3.8, 4) is 34.1 Å². The summed E-state index contributed by atoms with van der Waals surface area (Å²) in [7, 11) is 1.52. The lowest BCUT2D eigenvalue weighted by Crippen LogP contribution is -2.04. The molecule has 0 spiro atoms. The molecule has 9 heteroatoms. The molecule has 1 heterocycles. The fraction of sp³-hybridized carbons (Fsp3) is 0.120. The number of ether oxygens (including phenoxy) is 2. The Bertz CT molecular complexity index is 1310. The van der Waals surface area contributed by atoms with E-state index in [0.29, 0.717) is 46.4 Å². The highest BCUT2D eigenvalue weighted by molar-refractivity contribution is 5.85. The maximum Gasteiger partial charge on any atom is 0.416 e. The molecule has 0 atom stereocenters. The van der Waals surface area contributed by atoms with Gasteiger partial charge in [-0.2, -0.15) is 13.2 Å². The van der Waals surface area contributed by atoms with Crippen molar-refractivity contribution in [3.05, 3.63) is 95.5 Å². The summed E-state index contributed by atoms with van der Waals surface area (Å²) in [6.07, 6.45) is -2.88. The third-order valence-corrected chi connectivity index (χ3v) is 4.97. The van der Waals surface area contributed by atoms with E-state index in [1.807, 2.05) is 12.1 Å². The molecular formula is C25H19ClF3N3O2. The summed E-state index contributed by atoms with van der Waals surface area (Å²) in [5.41, 5.74) is 2.37. The van der Waals surface area contributed by atoms with Crippen LogP contribution in [0.4, 0.5) is 18.9 Å². The summed E-state index contributed by atoms with van der Waals surface area (Å²) < 4.78 is 50.4. The third-order valence-electron chi connectivity index (χ3n) is 4.97. The molecule has 0 saturated heterocycles. The van der Waals surface area contributed by atoms with Gasteiger partial charge in [0.25, 0.3) is 0 Å². The molecule has 0 aliphatic heterocycles. The van der Waals surface area contributed by atoms with Crippen molar-refractivity contribution in [2.24, 2.45) is 0 Å². The van der Waals surface area contributed by atoms with Gasteiger partial charge in [-0.1, -0.05) is 36.4 Å². The molecule has 0 amide bonds. The molecule has 174 valence electrons. The van der Waals surface area contributed by atoms with Gasteiger partial charge in [0.05, 0.1) is 31.1 Å². The van der Waals surface area contributed by atoms with E-state index in [-0.39, 0.29) is 12.4 Å². The number of nitrogens with one attached hydrogen (secondary N) is 1. The summed E-state index contributed by atoms with van der Waals surface area (Å²) in [6.45, 7) is 7.32. The maximum atomic E-state index is 13.0. The molecule has 0 bridgehead atoms. The number of nitrogens with zero attached hydrogens (tertiary/aromatic N) is 2. The first-order chi connectivity index (χ1) is 15.9. The minimum absolute atomic E-state index is 0. The standard InChI is InChI=1S/C25H18F3N3O2.ClH/c1-29-19-8-6-16(7-9-19)15-33-20-10-11-21(23(13-20)32-2)22-14-30-24(31-22)17-4-3-5-18(12-17)25(26,27)28;/h3-14H,15H2,2H3,(H,30,31);1H. The number of benzene rings is 3. The van der Waals surface area contributed by atoms with Crippen molar-refractivity contribution in [3.63, 3.8) is 0 Å². The van der Waals surface area contributed by atoms with Crippen molar-refractivity contribution in [1.29, 1.82) is 0 Å². The van der Waals surface area contributed by atoms with Crippen molar-refractivity contribution < 1.29 is 22.6 Å². The van der Waals surface area contributed by atoms with Crippen molar-refractivity contribution in [2.45, 2.75) is 12.8 Å². The van der Waals surface area contributed by atoms with E-state index < -0.39 is 11.7 Å². The summed E-state index contributed by atoms with van der Waals surface area (Å²) in [5.74, 6) is 1.43. The number of hydrogen-bond donors (Lipinski definition) is 1. The normalized spacial score (nSPS) is 10.8. The van der Waals surface area contributed by atoms with E-state index >= 15 is 0 Å². The van der Waals surface area contributed by atoms with Crippen LogP contribution in [0.3, 0.4) is 0 Å². The predicted octanol–water partition coefficient (Wildman–Crippen LogP) is 7.32. The lowest BCUT2D eigenvalue weighted by Gasteiger charge is -2.11. The molecule has 0 unspecified atom stereocenters. The van der Waals surface area contributed by atoms with Gasteiger partial charge >= 0.3 is 6.18 Å². The molecule has 4 aromatic rings. The molecule has 0 radical (unpaired) electrons. The first kappa shape index (κ1) is 24.7. The fourth-order valence-corrected chi connectivity index (χ4v) is 3.26. The maximum absolute atomic E-state index is 13.0. The van der Waals surface area contributed by atoms with Crippen LogP contribution in [0.2, 0.25) is 0 Å². The topological polar surface area (TPSA) is 51.5 Å². The van der Waals surface area contributed by atoms with Gasteiger partial charge in [-0.05, 0) is 29.8 Å². The zero-order valence-electron chi connectivity index (χ0n) is 17.9. The fourth-order valence-electron chi connectivity index (χ4n) is 3.26. The molecule has 4 rings (SSSR count). The lowest BCUT2D eigenvalue weighted by atomic mass is 10.1. The Morgan fingerprint density at radius 3 is 2.47 bits per heavy atom. The number of halogens is 4. The Kier molecular flexibility index (Phi) is 7.49. The number of aromatic nitrogens is 2. The van der Waals surface area contributed by atoms with Crippen molar-refractivity contribution >= 4 is 18.1 Å². The Morgan fingerprint density at radius 2 is 1.79 bits per heavy atom. The van der Waals surface area contributed by atoms with Gasteiger partial charge in [0.1, 0.15) is 23.9 Å². The van der Waals surface area contributed by atoms with Crippen LogP contribution in [0.25, 0.3) is 27.5 Å². The minimum Gasteiger partial charge on any atom is -0.496 e. The van der Waals surface area contributed by atoms with E-state index in [0.717, 1.165) is 17.7 Å². The summed E-state index contributed by atoms with van der Waals surface area (Å²) >= 11 is 0. The molecule has 34 heavy (non-hydrogen) atoms. The smallest absolute Gasteiger partial charge is 0.416 e. The van der Waals surface area contributed by atoms with Gasteiger partial charge in [-0.3, -0.25) is 0 Å². The quantitative estimate of drug-likeness (QED) is 0.291. The van der Waals surface area contributed by atoms with Crippen LogP contribution >= 0.6 is 12.4 Å². The second-order valence-electron chi connectivity index (χ2n) is 7.15. The van der Waals surface area contributed by atoms with Gasteiger partial charge in [0.2, 0.25) is 0 Å². The number of alkyl halides is 3. The average Bonchev–Trinajstić information content (AvgIpc) is 3.32. The second-order valence-corrected chi connectivity index (χ2v) is 7.15. The second kappa shape index (κ2) is 10.3. The van der Waals surface area contributed by atoms with Crippen LogP contribution < -0.4 is 9.47 Å². The monoisotopic (exact) mass is 485 g/mol. The molecule has 1 N–H and O–H groups in total. The highest BCUT2D eigenvalue weighted by atomic mass is 35.5. The molecule has 0 aliphatic carbocycles. The number of H-pyrrole nitrogens is 1. The zero-order chi connectivity index (χ0) is 23.4. The van der Waals surface area contributed by atoms with Gasteiger partial charge in [0, 0.05) is 17.2 Å². The average molecular weight is 486 g/mol. The van der Waals surface area contributed by atoms with Gasteiger partial charge < -0.3 is 14.5 Å². The summed E-state index contributed by atoms with van der Waals surface area (Å²) in [4.78, 5) is 10.7. The highest BCUT2D eigenvalue weighted by Gasteiger charge is 2.30. The Morgan fingerprint density at radius 1 is 1.03 bits per heavy atom. The van der Waals surface area contributed by atoms with E-state index in [4.69, 9.17) is 16.0 Å². The molecule has 5 nitrogen and oxygen atoms in total.